The number of phenolic OH excluding ortho intramolecular Hbond substituents is 1. The molecule has 4 nitrogen and oxygen atoms in total. The van der Waals surface area contributed by atoms with E-state index in [0.717, 1.165) is 45.3 Å². The quantitative estimate of drug-likeness (QED) is 0.166. The van der Waals surface area contributed by atoms with E-state index < -0.39 is 0 Å². The number of hydrogen-bond donors (Lipinski definition) is 3. The molecule has 0 fully saturated rings. The Kier molecular flexibility index (Phi) is 12.3. The third-order valence-electron chi connectivity index (χ3n) is 6.83. The van der Waals surface area contributed by atoms with Gasteiger partial charge in [0.25, 0.3) is 0 Å². The van der Waals surface area contributed by atoms with Gasteiger partial charge in [-0.25, -0.2) is 0 Å². The van der Waals surface area contributed by atoms with Crippen LogP contribution in [-0.2, 0) is 22.4 Å². The summed E-state index contributed by atoms with van der Waals surface area (Å²) < 4.78 is 0. The van der Waals surface area contributed by atoms with E-state index in [0.29, 0.717) is 18.6 Å². The van der Waals surface area contributed by atoms with Gasteiger partial charge in [-0.15, -0.1) is 0 Å². The summed E-state index contributed by atoms with van der Waals surface area (Å²) in [4.78, 5) is 12.8. The zero-order valence-corrected chi connectivity index (χ0v) is 25.0. The smallest absolute Gasteiger partial charge is 0.224 e. The topological polar surface area (TPSA) is 61.4 Å². The third kappa shape index (κ3) is 10.6. The Morgan fingerprint density at radius 3 is 2.18 bits per heavy atom. The van der Waals surface area contributed by atoms with E-state index in [4.69, 9.17) is 0 Å². The van der Waals surface area contributed by atoms with Crippen LogP contribution in [0.5, 0.6) is 5.75 Å². The van der Waals surface area contributed by atoms with E-state index in [1.165, 1.54) is 38.5 Å². The first-order valence-corrected chi connectivity index (χ1v) is 15.6. The van der Waals surface area contributed by atoms with Gasteiger partial charge in [0.1, 0.15) is 5.75 Å². The molecule has 0 aliphatic carbocycles. The summed E-state index contributed by atoms with van der Waals surface area (Å²) in [7, 11) is 0. The molecular weight excluding hydrogens is 500 g/mol. The molecule has 3 N–H and O–H groups in total. The molecule has 0 unspecified atom stereocenters. The molecule has 3 aromatic carbocycles. The van der Waals surface area contributed by atoms with Gasteiger partial charge in [0, 0.05) is 34.8 Å². The van der Waals surface area contributed by atoms with Crippen LogP contribution in [0.1, 0.15) is 89.3 Å². The van der Waals surface area contributed by atoms with Gasteiger partial charge in [-0.3, -0.25) is 4.79 Å². The van der Waals surface area contributed by atoms with Gasteiger partial charge in [0.05, 0.1) is 0 Å². The lowest BCUT2D eigenvalue weighted by molar-refractivity contribution is -0.116. The summed E-state index contributed by atoms with van der Waals surface area (Å²) in [6, 6.07) is 21.9. The number of benzene rings is 3. The van der Waals surface area contributed by atoms with Crippen molar-refractivity contribution in [2.24, 2.45) is 0 Å². The van der Waals surface area contributed by atoms with Crippen LogP contribution in [-0.4, -0.2) is 16.8 Å². The minimum Gasteiger partial charge on any atom is -0.507 e. The molecule has 0 aliphatic heterocycles. The van der Waals surface area contributed by atoms with E-state index in [-0.39, 0.29) is 11.3 Å². The first-order valence-electron chi connectivity index (χ1n) is 14.4. The van der Waals surface area contributed by atoms with Crippen LogP contribution in [0.2, 0.25) is 0 Å². The van der Waals surface area contributed by atoms with E-state index in [1.807, 2.05) is 66.4 Å². The fourth-order valence-corrected chi connectivity index (χ4v) is 5.55. The minimum atomic E-state index is -0.170. The number of thioether (sulfide) groups is 1. The summed E-state index contributed by atoms with van der Waals surface area (Å²) in [6.45, 7) is 8.63. The fourth-order valence-electron chi connectivity index (χ4n) is 4.56. The largest absolute Gasteiger partial charge is 0.507 e. The molecular formula is C34H46N2O2S. The molecule has 0 saturated heterocycles. The summed E-state index contributed by atoms with van der Waals surface area (Å²) in [5, 5.41) is 17.4. The Balaban J connectivity index is 1.54. The number of phenols is 1. The van der Waals surface area contributed by atoms with Crippen LogP contribution in [0.3, 0.4) is 0 Å². The molecule has 0 saturated carbocycles. The number of para-hydroxylation sites is 1. The van der Waals surface area contributed by atoms with Crippen molar-refractivity contribution in [2.75, 3.05) is 16.4 Å². The summed E-state index contributed by atoms with van der Waals surface area (Å²) >= 11 is 1.90. The second kappa shape index (κ2) is 15.6. The van der Waals surface area contributed by atoms with Crippen molar-refractivity contribution in [1.82, 2.24) is 0 Å². The maximum Gasteiger partial charge on any atom is 0.224 e. The van der Waals surface area contributed by atoms with Gasteiger partial charge in [-0.05, 0) is 71.5 Å². The summed E-state index contributed by atoms with van der Waals surface area (Å²) in [5.74, 6) is 2.31. The van der Waals surface area contributed by atoms with Gasteiger partial charge in [0.2, 0.25) is 5.91 Å². The Morgan fingerprint density at radius 2 is 1.49 bits per heavy atom. The second-order valence-electron chi connectivity index (χ2n) is 11.3. The van der Waals surface area contributed by atoms with E-state index in [9.17, 15) is 9.90 Å². The minimum absolute atomic E-state index is 0.0110. The fraction of sp³-hybridized carbons (Fsp3) is 0.441. The van der Waals surface area contributed by atoms with Crippen LogP contribution < -0.4 is 10.6 Å². The highest BCUT2D eigenvalue weighted by Crippen LogP contribution is 2.36. The van der Waals surface area contributed by atoms with E-state index in [1.54, 1.807) is 0 Å². The number of unbranched alkanes of at least 4 members (excludes halogenated alkanes) is 5. The Morgan fingerprint density at radius 1 is 0.846 bits per heavy atom. The number of hydrogen-bond acceptors (Lipinski definition) is 4. The molecule has 0 radical (unpaired) electrons. The molecule has 0 bridgehead atoms. The molecule has 39 heavy (non-hydrogen) atoms. The zero-order chi connectivity index (χ0) is 28.1. The van der Waals surface area contributed by atoms with Crippen LogP contribution >= 0.6 is 11.8 Å². The Labute approximate surface area is 240 Å². The molecule has 0 atom stereocenters. The molecule has 1 amide bonds. The highest BCUT2D eigenvalue weighted by Gasteiger charge is 2.21. The number of carbonyl (C=O) groups is 1. The number of amides is 1. The maximum atomic E-state index is 12.8. The van der Waals surface area contributed by atoms with Crippen LogP contribution in [0.25, 0.3) is 0 Å². The molecule has 0 aliphatic rings. The van der Waals surface area contributed by atoms with Crippen molar-refractivity contribution in [3.8, 4) is 5.75 Å². The van der Waals surface area contributed by atoms with Crippen molar-refractivity contribution < 1.29 is 9.90 Å². The van der Waals surface area contributed by atoms with Gasteiger partial charge in [-0.2, -0.15) is 11.8 Å². The lowest BCUT2D eigenvalue weighted by atomic mass is 9.83. The van der Waals surface area contributed by atoms with E-state index in [2.05, 4.69) is 50.5 Å². The van der Waals surface area contributed by atoms with Gasteiger partial charge in [-0.1, -0.05) is 90.1 Å². The number of aryl methyl sites for hydroxylation is 1. The molecule has 3 aromatic rings. The SMILES string of the molecule is CCCCCCCCSCc1cc(CCC(=O)Nc2ccc(Nc3ccccc3)cc2)cc(C(C)(C)C)c1O. The average Bonchev–Trinajstić information content (AvgIpc) is 2.91. The number of nitrogens with one attached hydrogen (secondary N) is 2. The highest BCUT2D eigenvalue weighted by atomic mass is 32.2. The predicted octanol–water partition coefficient (Wildman–Crippen LogP) is 9.60. The molecule has 0 aromatic heterocycles. The van der Waals surface area contributed by atoms with E-state index >= 15 is 0 Å². The molecule has 0 heterocycles. The van der Waals surface area contributed by atoms with Gasteiger partial charge in [0.15, 0.2) is 0 Å². The maximum absolute atomic E-state index is 12.8. The first-order chi connectivity index (χ1) is 18.8. The molecule has 210 valence electrons. The average molecular weight is 547 g/mol. The van der Waals surface area contributed by atoms with Crippen LogP contribution in [0.15, 0.2) is 66.7 Å². The third-order valence-corrected chi connectivity index (χ3v) is 7.92. The number of rotatable bonds is 15. The number of aromatic hydroxyl groups is 1. The van der Waals surface area contributed by atoms with Crippen molar-refractivity contribution in [2.45, 2.75) is 90.2 Å². The van der Waals surface area contributed by atoms with Crippen molar-refractivity contribution in [3.05, 3.63) is 83.4 Å². The second-order valence-corrected chi connectivity index (χ2v) is 12.4. The number of carbonyl (C=O) groups excluding carboxylic acids is 1. The Bertz CT molecular complexity index is 1150. The van der Waals surface area contributed by atoms with Crippen molar-refractivity contribution in [3.63, 3.8) is 0 Å². The van der Waals surface area contributed by atoms with Crippen molar-refractivity contribution >= 4 is 34.7 Å². The van der Waals surface area contributed by atoms with Crippen LogP contribution in [0, 0.1) is 0 Å². The standard InChI is InChI=1S/C34H46N2O2S/c1-5-6-7-8-9-13-22-39-25-27-23-26(24-31(33(27)38)34(2,3)4)16-21-32(37)36-30-19-17-29(18-20-30)35-28-14-11-10-12-15-28/h10-12,14-15,17-20,23-24,35,38H,5-9,13,16,21-22,25H2,1-4H3,(H,36,37). The van der Waals surface area contributed by atoms with Gasteiger partial charge < -0.3 is 15.7 Å². The highest BCUT2D eigenvalue weighted by molar-refractivity contribution is 7.98. The summed E-state index contributed by atoms with van der Waals surface area (Å²) in [6.07, 6.45) is 8.81. The monoisotopic (exact) mass is 546 g/mol. The Hall–Kier alpha value is -2.92. The number of anilines is 3. The lowest BCUT2D eigenvalue weighted by Crippen LogP contribution is -2.15. The molecule has 0 spiro atoms. The van der Waals surface area contributed by atoms with Crippen molar-refractivity contribution in [1.29, 1.82) is 0 Å². The molecule has 5 heteroatoms. The zero-order valence-electron chi connectivity index (χ0n) is 24.2. The summed E-state index contributed by atoms with van der Waals surface area (Å²) in [5.41, 5.74) is 5.65. The normalized spacial score (nSPS) is 11.4. The lowest BCUT2D eigenvalue weighted by Gasteiger charge is -2.23. The van der Waals surface area contributed by atoms with Gasteiger partial charge >= 0.3 is 0 Å². The van der Waals surface area contributed by atoms with Crippen LogP contribution in [0.4, 0.5) is 17.1 Å². The first kappa shape index (κ1) is 30.6. The predicted molar refractivity (Wildman–Crippen MR) is 169 cm³/mol. The molecule has 3 rings (SSSR count).